The summed E-state index contributed by atoms with van der Waals surface area (Å²) in [5.74, 6) is -0.389. The topological polar surface area (TPSA) is 515 Å². The highest BCUT2D eigenvalue weighted by Gasteiger charge is 2.54. The van der Waals surface area contributed by atoms with E-state index in [1.165, 1.54) is 49.9 Å². The van der Waals surface area contributed by atoms with Gasteiger partial charge in [-0.1, -0.05) is 0 Å². The average Bonchev–Trinajstić information content (AvgIpc) is 1.65. The molecule has 14 rings (SSSR count). The number of H-pyrrole nitrogens is 4. The molecule has 12 N–H and O–H groups in total. The van der Waals surface area contributed by atoms with Crippen molar-refractivity contribution in [2.45, 2.75) is 98.2 Å². The number of aliphatic hydroxyl groups is 4. The van der Waals surface area contributed by atoms with Crippen LogP contribution in [0.1, 0.15) is 24.9 Å². The zero-order chi connectivity index (χ0) is 63.7. The van der Waals surface area contributed by atoms with Gasteiger partial charge in [-0.05, 0) is 35.4 Å². The van der Waals surface area contributed by atoms with Gasteiger partial charge in [-0.2, -0.15) is 9.97 Å². The molecule has 6 fully saturated rings. The summed E-state index contributed by atoms with van der Waals surface area (Å²) in [6, 6.07) is 0. The zero-order valence-electron chi connectivity index (χ0n) is 45.1. The average molecular weight is 1370 g/mol. The Labute approximate surface area is 520 Å². The summed E-state index contributed by atoms with van der Waals surface area (Å²) in [4.78, 5) is 90.8. The third-order valence-electron chi connectivity index (χ3n) is 14.7. The fourth-order valence-corrected chi connectivity index (χ4v) is 16.2. The van der Waals surface area contributed by atoms with E-state index in [0.717, 1.165) is 6.33 Å². The minimum Gasteiger partial charge on any atom is -0.386 e. The molecule has 0 bridgehead atoms. The normalized spacial score (nSPS) is 37.6. The van der Waals surface area contributed by atoms with Gasteiger partial charge in [0.1, 0.15) is 92.4 Å². The van der Waals surface area contributed by atoms with Crippen LogP contribution >= 0.6 is 26.6 Å². The maximum Gasteiger partial charge on any atom is 0.280 e. The molecule has 90 heavy (non-hydrogen) atoms. The fourth-order valence-electron chi connectivity index (χ4n) is 10.7. The van der Waals surface area contributed by atoms with E-state index in [4.69, 9.17) is 132 Å². The van der Waals surface area contributed by atoms with Crippen molar-refractivity contribution in [3.63, 3.8) is 0 Å². The van der Waals surface area contributed by atoms with Crippen LogP contribution in [0, 0.1) is 0 Å². The van der Waals surface area contributed by atoms with Gasteiger partial charge >= 0.3 is 0 Å². The molecule has 50 heteroatoms. The first-order valence-corrected chi connectivity index (χ1v) is 35.8. The first-order valence-electron chi connectivity index (χ1n) is 26.1. The maximum atomic E-state index is 13.3. The third kappa shape index (κ3) is 12.0. The van der Waals surface area contributed by atoms with E-state index >= 15 is 0 Å². The molecule has 8 unspecified atom stereocenters. The van der Waals surface area contributed by atoms with Gasteiger partial charge in [0.25, 0.3) is 29.7 Å². The van der Waals surface area contributed by atoms with Crippen LogP contribution in [0.5, 0.6) is 0 Å². The summed E-state index contributed by atoms with van der Waals surface area (Å²) >= 11 is 16.3. The number of ether oxygens (including phenoxy) is 4. The summed E-state index contributed by atoms with van der Waals surface area (Å²) in [6.07, 6.45) is -24.4. The van der Waals surface area contributed by atoms with Gasteiger partial charge in [0.05, 0.1) is 64.4 Å². The van der Waals surface area contributed by atoms with Crippen LogP contribution in [0.4, 0.5) is 11.9 Å². The standard InChI is InChI=1S/C20H21B2N9O11P2S.C20H21B2N9O10P2S2/c21-43(36)37-1-6-13(11(33)18(39-6)30-4-26-8-14(30)24-3-25-16(8)34)42-44(22,45)38-2-7-12(41-43)10(32)19(40-7)31-5-27-9-15(31)28-20(23)29-17(9)35;21-42(44)37-2-7-13(11(33)19(39-7)31-5-27-9-15(31)28-20(23)29-17(9)35)41-43(22,45)36-1-6-12(40-42)10(32)18(38-6)30-4-26-8-14(30)24-3-25-16(8)34/h2*3-7,10-13,18-19,32-33H,1-2H2,(H,24,25,34)(H3,23,28,29,35)/t6-,7-,10+,11?,12?,13+,18-,19-,43?,44?;6-,7-,10?,11+,12+,13?,18-,19-,42?,43?/m11/s1. The molecular formula is C40H42B4N18O21P4S3. The number of aromatic nitrogens is 16. The Balaban J connectivity index is 0.000000165. The Morgan fingerprint density at radius 2 is 0.744 bits per heavy atom. The Bertz CT molecular complexity index is 4300. The molecule has 20 atom stereocenters. The number of nitrogens with one attached hydrogen (secondary N) is 4. The van der Waals surface area contributed by atoms with Crippen molar-refractivity contribution in [3.8, 4) is 0 Å². The number of imidazole rings is 4. The van der Waals surface area contributed by atoms with Crippen molar-refractivity contribution in [3.05, 3.63) is 79.4 Å². The van der Waals surface area contributed by atoms with Gasteiger partial charge in [0.15, 0.2) is 92.3 Å². The van der Waals surface area contributed by atoms with E-state index < -0.39 is 160 Å². The van der Waals surface area contributed by atoms with Gasteiger partial charge in [0, 0.05) is 0 Å². The Kier molecular flexibility index (Phi) is 16.9. The second kappa shape index (κ2) is 24.0. The zero-order valence-corrected chi connectivity index (χ0v) is 51.1. The number of hydrogen-bond donors (Lipinski definition) is 10. The van der Waals surface area contributed by atoms with Gasteiger partial charge in [-0.3, -0.25) is 52.0 Å². The number of aromatic amines is 4. The fraction of sp³-hybridized carbons (Fsp3) is 0.500. The van der Waals surface area contributed by atoms with Crippen LogP contribution in [0.2, 0.25) is 0 Å². The van der Waals surface area contributed by atoms with Crippen molar-refractivity contribution in [2.24, 2.45) is 0 Å². The number of rotatable bonds is 4. The largest absolute Gasteiger partial charge is 0.386 e. The van der Waals surface area contributed by atoms with Crippen molar-refractivity contribution < 1.29 is 80.1 Å². The number of fused-ring (bicyclic) bond motifs is 8. The molecule has 0 aliphatic carbocycles. The lowest BCUT2D eigenvalue weighted by Gasteiger charge is -2.33. The third-order valence-corrected chi connectivity index (χ3v) is 20.6. The predicted molar refractivity (Wildman–Crippen MR) is 318 cm³/mol. The van der Waals surface area contributed by atoms with E-state index in [1.54, 1.807) is 0 Å². The summed E-state index contributed by atoms with van der Waals surface area (Å²) in [5, 5.41) is 45.2. The molecule has 0 saturated carbocycles. The highest BCUT2D eigenvalue weighted by atomic mass is 32.5. The summed E-state index contributed by atoms with van der Waals surface area (Å²) in [7, 11) is 20.2. The number of nitrogens with two attached hydrogens (primary N) is 2. The van der Waals surface area contributed by atoms with Crippen LogP contribution in [0.3, 0.4) is 0 Å². The molecule has 6 aliphatic heterocycles. The molecule has 8 aromatic rings. The van der Waals surface area contributed by atoms with E-state index in [1.807, 2.05) is 0 Å². The molecule has 6 saturated heterocycles. The number of nitrogen functional groups attached to an aromatic ring is 2. The predicted octanol–water partition coefficient (Wildman–Crippen LogP) is -4.21. The second-order valence-electron chi connectivity index (χ2n) is 20.5. The maximum absolute atomic E-state index is 13.3. The van der Waals surface area contributed by atoms with Gasteiger partial charge in [-0.25, -0.2) is 29.9 Å². The van der Waals surface area contributed by atoms with E-state index in [9.17, 15) is 44.2 Å². The Hall–Kier alpha value is -5.20. The van der Waals surface area contributed by atoms with Crippen LogP contribution in [-0.2, 0) is 95.1 Å². The van der Waals surface area contributed by atoms with Gasteiger partial charge < -0.3 is 97.0 Å². The number of hydrogen-bond acceptors (Lipinski definition) is 34. The molecule has 8 aromatic heterocycles. The molecular weight excluding hydrogens is 1330 g/mol. The molecule has 14 heterocycles. The SMILES string of the molecule is [B]P1(=O)OC[C@H]2O[C@@H](n3cnc4c(=O)[nH]cnc43)C(O)[C@H]2OP([B])(=S)OC[C@H]2O[C@@H](n3cnc4c(=O)[nH]c(N)nc43)[C@@H](O)C2O1.[B]P1(=S)OC[C@H]2O[C@@H](n3cnc4c(=O)[nH]cnc43)C(O)[C@H]2OP([B])(=S)OC[C@H]2O[C@@H](n3cnc4c(=O)[nH]c(N)nc43)[C@@H](O)C2O1. The van der Waals surface area contributed by atoms with Crippen LogP contribution in [0.15, 0.2) is 57.1 Å². The summed E-state index contributed by atoms with van der Waals surface area (Å²) in [5.41, 5.74) is 9.29. The second-order valence-corrected chi connectivity index (χ2v) is 31.3. The molecule has 8 radical (unpaired) electrons. The smallest absolute Gasteiger partial charge is 0.280 e. The number of anilines is 2. The van der Waals surface area contributed by atoms with E-state index in [-0.39, 0.29) is 69.8 Å². The minimum absolute atomic E-state index is 0.0124. The van der Waals surface area contributed by atoms with Crippen LogP contribution in [-0.4, -0.2) is 228 Å². The highest BCUT2D eigenvalue weighted by molar-refractivity contribution is 8.22. The molecule has 0 amide bonds. The monoisotopic (exact) mass is 1370 g/mol. The Morgan fingerprint density at radius 3 is 1.08 bits per heavy atom. The Morgan fingerprint density at radius 1 is 0.456 bits per heavy atom. The number of nitrogens with zero attached hydrogens (tertiary/aromatic N) is 12. The van der Waals surface area contributed by atoms with Crippen LogP contribution < -0.4 is 33.7 Å². The van der Waals surface area contributed by atoms with Crippen LogP contribution in [0.25, 0.3) is 44.7 Å². The number of aliphatic hydroxyl groups excluding tert-OH is 4. The first-order chi connectivity index (χ1) is 42.6. The lowest BCUT2D eigenvalue weighted by atomic mass is 10.1. The lowest BCUT2D eigenvalue weighted by molar-refractivity contribution is -0.0547. The van der Waals surface area contributed by atoms with Crippen molar-refractivity contribution in [1.82, 2.24) is 78.1 Å². The van der Waals surface area contributed by atoms with Crippen molar-refractivity contribution >= 4 is 149 Å². The quantitative estimate of drug-likeness (QED) is 0.0590. The molecule has 0 aromatic carbocycles. The van der Waals surface area contributed by atoms with Crippen molar-refractivity contribution in [1.29, 1.82) is 0 Å². The van der Waals surface area contributed by atoms with E-state index in [0.29, 0.717) is 0 Å². The minimum atomic E-state index is -4.49. The molecule has 468 valence electrons. The van der Waals surface area contributed by atoms with Crippen molar-refractivity contribution in [2.75, 3.05) is 37.9 Å². The summed E-state index contributed by atoms with van der Waals surface area (Å²) < 4.78 is 88.6. The first kappa shape index (κ1) is 63.6. The summed E-state index contributed by atoms with van der Waals surface area (Å²) in [6.45, 7) is -1.78. The van der Waals surface area contributed by atoms with Gasteiger partial charge in [0.2, 0.25) is 19.5 Å². The molecule has 6 aliphatic rings. The molecule has 39 nitrogen and oxygen atoms in total. The molecule has 0 spiro atoms. The van der Waals surface area contributed by atoms with E-state index in [2.05, 4.69) is 59.8 Å². The van der Waals surface area contributed by atoms with Gasteiger partial charge in [-0.15, -0.1) is 0 Å². The highest BCUT2D eigenvalue weighted by Crippen LogP contribution is 2.56. The lowest BCUT2D eigenvalue weighted by Crippen LogP contribution is -2.39.